The van der Waals surface area contributed by atoms with E-state index in [0.29, 0.717) is 25.1 Å². The van der Waals surface area contributed by atoms with Crippen molar-refractivity contribution in [2.24, 2.45) is 11.5 Å². The lowest BCUT2D eigenvalue weighted by molar-refractivity contribution is -0.140. The van der Waals surface area contributed by atoms with Gasteiger partial charge in [-0.15, -0.1) is 0 Å². The molecule has 3 rings (SSSR count). The average molecular weight is 576 g/mol. The molecule has 220 valence electrons. The quantitative estimate of drug-likeness (QED) is 0.220. The second-order valence-corrected chi connectivity index (χ2v) is 12.0. The normalized spacial score (nSPS) is 18.8. The minimum Gasteiger partial charge on any atom is -0.361 e. The Balaban J connectivity index is 1.65. The molecule has 1 aromatic carbocycles. The lowest BCUT2D eigenvalue weighted by Gasteiger charge is -2.42. The summed E-state index contributed by atoms with van der Waals surface area (Å²) in [6, 6.07) is 11.2. The van der Waals surface area contributed by atoms with Crippen LogP contribution >= 0.6 is 0 Å². The predicted octanol–water partition coefficient (Wildman–Crippen LogP) is -0.243. The van der Waals surface area contributed by atoms with E-state index in [0.717, 1.165) is 12.0 Å². The van der Waals surface area contributed by atoms with Gasteiger partial charge in [0.15, 0.2) is 9.84 Å². The highest BCUT2D eigenvalue weighted by Crippen LogP contribution is 2.19. The zero-order valence-corrected chi connectivity index (χ0v) is 23.9. The maximum absolute atomic E-state index is 13.5. The number of nitrogens with one attached hydrogen (secondary N) is 2. The van der Waals surface area contributed by atoms with Gasteiger partial charge in [-0.1, -0.05) is 36.4 Å². The standard InChI is InChI=1S/C27H41N7O5S/c1-3-39-26-22(12-8-14-34(26)27(28)29)32-24(35)17-33(2)25(36)23(15-21-11-7-13-30-16-21)31-19-40(37,38)18-20-9-5-4-6-10-20/h4-7,9-11,13,16,22-23,26-27,31H,3,8,12,14-15,17-19,28-29H2,1-2H3,(H,32,35). The first-order chi connectivity index (χ1) is 19.1. The minimum absolute atomic E-state index is 0.154. The highest BCUT2D eigenvalue weighted by molar-refractivity contribution is 7.90. The molecule has 3 unspecified atom stereocenters. The van der Waals surface area contributed by atoms with E-state index in [1.165, 1.54) is 11.9 Å². The van der Waals surface area contributed by atoms with Gasteiger partial charge in [-0.05, 0) is 43.4 Å². The molecule has 1 aliphatic rings. The summed E-state index contributed by atoms with van der Waals surface area (Å²) in [6.07, 6.45) is 3.71. The first-order valence-electron chi connectivity index (χ1n) is 13.4. The largest absolute Gasteiger partial charge is 0.361 e. The Kier molecular flexibility index (Phi) is 12.0. The van der Waals surface area contributed by atoms with E-state index in [9.17, 15) is 18.0 Å². The van der Waals surface area contributed by atoms with Crippen LogP contribution in [-0.2, 0) is 36.3 Å². The monoisotopic (exact) mass is 575 g/mol. The third kappa shape index (κ3) is 9.61. The van der Waals surface area contributed by atoms with Gasteiger partial charge in [-0.3, -0.25) is 19.9 Å². The summed E-state index contributed by atoms with van der Waals surface area (Å²) in [5.74, 6) is -1.33. The van der Waals surface area contributed by atoms with Crippen LogP contribution < -0.4 is 22.1 Å². The Bertz CT molecular complexity index is 1180. The molecule has 0 bridgehead atoms. The van der Waals surface area contributed by atoms with E-state index in [1.807, 2.05) is 19.1 Å². The van der Waals surface area contributed by atoms with Gasteiger partial charge < -0.3 is 26.4 Å². The van der Waals surface area contributed by atoms with E-state index >= 15 is 0 Å². The number of pyridine rings is 1. The van der Waals surface area contributed by atoms with E-state index in [4.69, 9.17) is 16.2 Å². The van der Waals surface area contributed by atoms with Gasteiger partial charge in [0.2, 0.25) is 11.8 Å². The van der Waals surface area contributed by atoms with E-state index in [1.54, 1.807) is 47.6 Å². The molecule has 6 N–H and O–H groups in total. The van der Waals surface area contributed by atoms with Crippen molar-refractivity contribution < 1.29 is 22.7 Å². The van der Waals surface area contributed by atoms with E-state index in [2.05, 4.69) is 15.6 Å². The fourth-order valence-corrected chi connectivity index (χ4v) is 6.02. The number of carbonyl (C=O) groups excluding carboxylic acids is 2. The van der Waals surface area contributed by atoms with Crippen LogP contribution in [0.5, 0.6) is 0 Å². The maximum atomic E-state index is 13.5. The molecule has 0 saturated carbocycles. The lowest BCUT2D eigenvalue weighted by atomic mass is 10.0. The van der Waals surface area contributed by atoms with E-state index < -0.39 is 40.2 Å². The minimum atomic E-state index is -3.56. The number of hydrogen-bond acceptors (Lipinski definition) is 10. The van der Waals surface area contributed by atoms with Gasteiger partial charge in [0.1, 0.15) is 18.4 Å². The predicted molar refractivity (Wildman–Crippen MR) is 152 cm³/mol. The van der Waals surface area contributed by atoms with Crippen molar-refractivity contribution in [1.29, 1.82) is 0 Å². The number of sulfone groups is 1. The molecule has 1 aromatic heterocycles. The molecule has 0 radical (unpaired) electrons. The average Bonchev–Trinajstić information content (AvgIpc) is 2.92. The summed E-state index contributed by atoms with van der Waals surface area (Å²) in [6.45, 7) is 2.72. The first kappa shape index (κ1) is 31.6. The number of hydrogen-bond donors (Lipinski definition) is 4. The topological polar surface area (TPSA) is 173 Å². The number of carbonyl (C=O) groups is 2. The van der Waals surface area contributed by atoms with Crippen molar-refractivity contribution in [2.45, 2.75) is 56.5 Å². The third-order valence-corrected chi connectivity index (χ3v) is 8.05. The summed E-state index contributed by atoms with van der Waals surface area (Å²) in [4.78, 5) is 33.6. The van der Waals surface area contributed by atoms with Gasteiger partial charge in [0.25, 0.3) is 0 Å². The van der Waals surface area contributed by atoms with Gasteiger partial charge in [0, 0.05) is 32.6 Å². The summed E-state index contributed by atoms with van der Waals surface area (Å²) < 4.78 is 31.5. The van der Waals surface area contributed by atoms with Gasteiger partial charge in [-0.25, -0.2) is 13.3 Å². The molecule has 1 aliphatic heterocycles. The fraction of sp³-hybridized carbons (Fsp3) is 0.519. The van der Waals surface area contributed by atoms with Crippen molar-refractivity contribution >= 4 is 21.7 Å². The first-order valence-corrected chi connectivity index (χ1v) is 15.2. The molecule has 13 heteroatoms. The molecule has 2 aromatic rings. The number of piperidine rings is 1. The summed E-state index contributed by atoms with van der Waals surface area (Å²) >= 11 is 0. The number of likely N-dealkylation sites (N-methyl/N-ethyl adjacent to an activating group) is 1. The second-order valence-electron chi connectivity index (χ2n) is 9.92. The molecule has 2 heterocycles. The zero-order valence-electron chi connectivity index (χ0n) is 23.1. The molecular formula is C27H41N7O5S. The summed E-state index contributed by atoms with van der Waals surface area (Å²) in [5.41, 5.74) is 13.2. The van der Waals surface area contributed by atoms with Crippen LogP contribution in [0.15, 0.2) is 54.9 Å². The van der Waals surface area contributed by atoms with Crippen molar-refractivity contribution in [3.63, 3.8) is 0 Å². The number of ether oxygens (including phenoxy) is 1. The molecule has 40 heavy (non-hydrogen) atoms. The van der Waals surface area contributed by atoms with Crippen molar-refractivity contribution in [1.82, 2.24) is 25.4 Å². The highest BCUT2D eigenvalue weighted by Gasteiger charge is 2.35. The number of nitrogens with two attached hydrogens (primary N) is 2. The van der Waals surface area contributed by atoms with Crippen LogP contribution in [0.2, 0.25) is 0 Å². The van der Waals surface area contributed by atoms with Crippen LogP contribution in [0, 0.1) is 0 Å². The summed E-state index contributed by atoms with van der Waals surface area (Å²) in [5, 5.41) is 5.87. The number of benzene rings is 1. The summed E-state index contributed by atoms with van der Waals surface area (Å²) in [7, 11) is -2.05. The zero-order chi connectivity index (χ0) is 29.1. The van der Waals surface area contributed by atoms with Crippen LogP contribution in [0.1, 0.15) is 30.9 Å². The molecule has 0 spiro atoms. The Morgan fingerprint density at radius 3 is 2.55 bits per heavy atom. The fourth-order valence-electron chi connectivity index (χ4n) is 4.76. The third-order valence-electron chi connectivity index (χ3n) is 6.67. The molecule has 2 amide bonds. The number of amides is 2. The van der Waals surface area contributed by atoms with Crippen LogP contribution in [0.4, 0.5) is 0 Å². The Morgan fingerprint density at radius 1 is 1.18 bits per heavy atom. The van der Waals surface area contributed by atoms with Crippen LogP contribution in [0.3, 0.4) is 0 Å². The smallest absolute Gasteiger partial charge is 0.240 e. The Hall–Kier alpha value is -2.94. The van der Waals surface area contributed by atoms with Crippen LogP contribution in [0.25, 0.3) is 0 Å². The number of likely N-dealkylation sites (tertiary alicyclic amines) is 1. The van der Waals surface area contributed by atoms with E-state index in [-0.39, 0.29) is 30.7 Å². The van der Waals surface area contributed by atoms with Crippen molar-refractivity contribution in [2.75, 3.05) is 32.6 Å². The molecule has 3 atom stereocenters. The number of rotatable bonds is 14. The SMILES string of the molecule is CCOC1C(NC(=O)CN(C)C(=O)C(Cc2cccnc2)NCS(=O)(=O)Cc2ccccc2)CCCN1C(N)N. The lowest BCUT2D eigenvalue weighted by Crippen LogP contribution is -2.64. The van der Waals surface area contributed by atoms with Gasteiger partial charge in [0.05, 0.1) is 24.4 Å². The second kappa shape index (κ2) is 15.2. The maximum Gasteiger partial charge on any atom is 0.240 e. The van der Waals surface area contributed by atoms with Crippen LogP contribution in [-0.4, -0.2) is 92.2 Å². The molecule has 12 nitrogen and oxygen atoms in total. The van der Waals surface area contributed by atoms with Crippen molar-refractivity contribution in [3.05, 3.63) is 66.0 Å². The number of nitrogens with zero attached hydrogens (tertiary/aromatic N) is 3. The van der Waals surface area contributed by atoms with Crippen molar-refractivity contribution in [3.8, 4) is 0 Å². The Labute approximate surface area is 236 Å². The molecular weight excluding hydrogens is 534 g/mol. The molecule has 1 saturated heterocycles. The highest BCUT2D eigenvalue weighted by atomic mass is 32.2. The van der Waals surface area contributed by atoms with Gasteiger partial charge in [-0.2, -0.15) is 0 Å². The number of aromatic nitrogens is 1. The van der Waals surface area contributed by atoms with Gasteiger partial charge >= 0.3 is 0 Å². The molecule has 1 fully saturated rings. The Morgan fingerprint density at radius 2 is 1.90 bits per heavy atom. The molecule has 0 aliphatic carbocycles.